The number of fused-ring (bicyclic) bond motifs is 2. The van der Waals surface area contributed by atoms with Crippen molar-refractivity contribution in [1.29, 1.82) is 0 Å². The highest BCUT2D eigenvalue weighted by molar-refractivity contribution is 8.00. The molecule has 0 spiro atoms. The summed E-state index contributed by atoms with van der Waals surface area (Å²) in [5.74, 6) is -2.99. The van der Waals surface area contributed by atoms with E-state index >= 15 is 0 Å². The normalized spacial score (nSPS) is 19.9. The second-order valence-corrected chi connectivity index (χ2v) is 12.1. The van der Waals surface area contributed by atoms with Crippen molar-refractivity contribution < 1.29 is 18.8 Å². The van der Waals surface area contributed by atoms with Crippen molar-refractivity contribution in [1.82, 2.24) is 4.57 Å². The van der Waals surface area contributed by atoms with Crippen LogP contribution in [0.5, 0.6) is 0 Å². The minimum atomic E-state index is -0.809. The van der Waals surface area contributed by atoms with E-state index in [4.69, 9.17) is 0 Å². The van der Waals surface area contributed by atoms with E-state index in [0.717, 1.165) is 34.2 Å². The molecule has 4 aromatic rings. The lowest BCUT2D eigenvalue weighted by atomic mass is 9.83. The number of amides is 3. The Morgan fingerprint density at radius 2 is 1.65 bits per heavy atom. The summed E-state index contributed by atoms with van der Waals surface area (Å²) in [5.41, 5.74) is 3.70. The second kappa shape index (κ2) is 10.2. The number of aromatic nitrogens is 1. The first-order chi connectivity index (χ1) is 19.2. The number of nitrogens with zero attached hydrogens (tertiary/aromatic N) is 2. The number of carbonyl (C=O) groups excluding carboxylic acids is 3. The van der Waals surface area contributed by atoms with Gasteiger partial charge in [0, 0.05) is 16.5 Å². The van der Waals surface area contributed by atoms with E-state index in [1.165, 1.54) is 21.6 Å². The van der Waals surface area contributed by atoms with E-state index in [-0.39, 0.29) is 29.1 Å². The highest BCUT2D eigenvalue weighted by Gasteiger charge is 2.56. The first-order valence-electron chi connectivity index (χ1n) is 12.7. The summed E-state index contributed by atoms with van der Waals surface area (Å²) in [6.45, 7) is 3.59. The van der Waals surface area contributed by atoms with Crippen LogP contribution in [0.3, 0.4) is 0 Å². The van der Waals surface area contributed by atoms with Gasteiger partial charge in [-0.15, -0.1) is 0 Å². The Labute approximate surface area is 237 Å². The van der Waals surface area contributed by atoms with Crippen molar-refractivity contribution in [2.75, 3.05) is 10.2 Å². The maximum atomic E-state index is 13.9. The summed E-state index contributed by atoms with van der Waals surface area (Å²) in [5, 5.41) is 2.50. The highest BCUT2D eigenvalue weighted by atomic mass is 32.2. The van der Waals surface area contributed by atoms with E-state index in [1.54, 1.807) is 30.3 Å². The van der Waals surface area contributed by atoms with Crippen molar-refractivity contribution in [3.8, 4) is 0 Å². The van der Waals surface area contributed by atoms with Gasteiger partial charge in [0.2, 0.25) is 17.7 Å². The summed E-state index contributed by atoms with van der Waals surface area (Å²) < 4.78 is 15.2. The molecule has 3 aromatic carbocycles. The average molecular weight is 574 g/mol. The molecule has 0 aliphatic carbocycles. The fraction of sp³-hybridized carbons (Fsp3) is 0.200. The second-order valence-electron chi connectivity index (χ2n) is 9.98. The number of hydrogen-bond acceptors (Lipinski definition) is 6. The molecule has 3 heterocycles. The molecule has 202 valence electrons. The van der Waals surface area contributed by atoms with Crippen LogP contribution >= 0.6 is 23.1 Å². The van der Waals surface area contributed by atoms with Gasteiger partial charge in [0.1, 0.15) is 17.6 Å². The molecule has 0 radical (unpaired) electrons. The van der Waals surface area contributed by atoms with Gasteiger partial charge >= 0.3 is 4.87 Å². The molecule has 0 bridgehead atoms. The van der Waals surface area contributed by atoms with E-state index in [9.17, 15) is 23.6 Å². The first-order valence-corrected chi connectivity index (χ1v) is 14.4. The van der Waals surface area contributed by atoms with Crippen LogP contribution in [0.4, 0.5) is 15.8 Å². The zero-order chi connectivity index (χ0) is 28.1. The van der Waals surface area contributed by atoms with Crippen molar-refractivity contribution in [2.24, 2.45) is 5.92 Å². The van der Waals surface area contributed by atoms with Gasteiger partial charge < -0.3 is 5.32 Å². The average Bonchev–Trinajstić information content (AvgIpc) is 3.36. The Bertz CT molecular complexity index is 1710. The van der Waals surface area contributed by atoms with Crippen LogP contribution in [0.1, 0.15) is 27.5 Å². The third kappa shape index (κ3) is 4.56. The first kappa shape index (κ1) is 26.2. The Morgan fingerprint density at radius 1 is 0.925 bits per heavy atom. The zero-order valence-electron chi connectivity index (χ0n) is 21.6. The molecular weight excluding hydrogens is 549 g/mol. The molecule has 0 saturated carbocycles. The van der Waals surface area contributed by atoms with E-state index < -0.39 is 22.9 Å². The summed E-state index contributed by atoms with van der Waals surface area (Å²) in [4.78, 5) is 55.3. The number of imide groups is 1. The van der Waals surface area contributed by atoms with E-state index in [1.807, 2.05) is 44.2 Å². The third-order valence-electron chi connectivity index (χ3n) is 7.17. The van der Waals surface area contributed by atoms with Crippen molar-refractivity contribution in [3.63, 3.8) is 0 Å². The molecule has 10 heteroatoms. The van der Waals surface area contributed by atoms with Gasteiger partial charge in [0.25, 0.3) is 0 Å². The van der Waals surface area contributed by atoms with Crippen molar-refractivity contribution >= 4 is 52.2 Å². The predicted octanol–water partition coefficient (Wildman–Crippen LogP) is 5.10. The highest BCUT2D eigenvalue weighted by Crippen LogP contribution is 2.53. The van der Waals surface area contributed by atoms with Gasteiger partial charge in [-0.05, 0) is 61.4 Å². The number of hydrogen-bond donors (Lipinski definition) is 1. The van der Waals surface area contributed by atoms with Crippen LogP contribution in [-0.2, 0) is 20.9 Å². The quantitative estimate of drug-likeness (QED) is 0.336. The lowest BCUT2D eigenvalue weighted by Gasteiger charge is -2.30. The molecule has 2 unspecified atom stereocenters. The molecule has 2 aliphatic heterocycles. The standard InChI is InChI=1S/C30H24FN3O4S2/c1-16-6-12-21(13-7-16)34-27(36)24-23(18-8-10-19(31)11-9-18)26-29(39-25(24)28(34)37)33(30(38)40-26)15-22(35)32-20-5-3-4-17(2)14-20/h3-14,23-25H,15H2,1-2H3,(H,32,35)/t23-,24?,25?/m1/s1. The molecule has 3 amide bonds. The lowest BCUT2D eigenvalue weighted by molar-refractivity contribution is -0.122. The SMILES string of the molecule is Cc1ccc(N2C(=O)C3Sc4c(sc(=O)n4CC(=O)Nc4cccc(C)c4)[C@H](c4ccc(F)cc4)C3C2=O)cc1. The number of nitrogens with one attached hydrogen (secondary N) is 1. The molecule has 1 aromatic heterocycles. The maximum Gasteiger partial charge on any atom is 0.308 e. The summed E-state index contributed by atoms with van der Waals surface area (Å²) >= 11 is 2.10. The number of anilines is 2. The fourth-order valence-electron chi connectivity index (χ4n) is 5.30. The number of halogens is 1. The number of thiazole rings is 1. The largest absolute Gasteiger partial charge is 0.325 e. The Kier molecular flexibility index (Phi) is 6.67. The smallest absolute Gasteiger partial charge is 0.308 e. The van der Waals surface area contributed by atoms with Crippen LogP contribution in [0, 0.1) is 25.6 Å². The van der Waals surface area contributed by atoms with Gasteiger partial charge in [0.05, 0.1) is 16.6 Å². The predicted molar refractivity (Wildman–Crippen MR) is 153 cm³/mol. The fourth-order valence-corrected chi connectivity index (χ4v) is 8.07. The molecule has 1 fully saturated rings. The molecule has 3 atom stereocenters. The van der Waals surface area contributed by atoms with Gasteiger partial charge in [-0.1, -0.05) is 65.1 Å². The zero-order valence-corrected chi connectivity index (χ0v) is 23.2. The molecule has 6 rings (SSSR count). The summed E-state index contributed by atoms with van der Waals surface area (Å²) in [6, 6.07) is 20.3. The van der Waals surface area contributed by atoms with Crippen LogP contribution in [0.15, 0.2) is 82.6 Å². The molecule has 7 nitrogen and oxygen atoms in total. The Morgan fingerprint density at radius 3 is 2.35 bits per heavy atom. The number of thioether (sulfide) groups is 1. The van der Waals surface area contributed by atoms with Crippen molar-refractivity contribution in [3.05, 3.63) is 110 Å². The Hall–Kier alpha value is -4.02. The third-order valence-corrected chi connectivity index (χ3v) is 9.78. The molecule has 40 heavy (non-hydrogen) atoms. The van der Waals surface area contributed by atoms with Gasteiger partial charge in [-0.3, -0.25) is 23.7 Å². The molecule has 1 saturated heterocycles. The van der Waals surface area contributed by atoms with Gasteiger partial charge in [0.15, 0.2) is 0 Å². The van der Waals surface area contributed by atoms with Crippen LogP contribution in [0.25, 0.3) is 0 Å². The lowest BCUT2D eigenvalue weighted by Crippen LogP contribution is -2.33. The summed E-state index contributed by atoms with van der Waals surface area (Å²) in [6.07, 6.45) is 0. The van der Waals surface area contributed by atoms with Crippen LogP contribution < -0.4 is 15.1 Å². The van der Waals surface area contributed by atoms with Crippen molar-refractivity contribution in [2.45, 2.75) is 36.6 Å². The van der Waals surface area contributed by atoms with Gasteiger partial charge in [-0.25, -0.2) is 9.29 Å². The monoisotopic (exact) mass is 573 g/mol. The molecule has 1 N–H and O–H groups in total. The molecule has 2 aliphatic rings. The maximum absolute atomic E-state index is 13.9. The number of aryl methyl sites for hydroxylation is 2. The number of benzene rings is 3. The van der Waals surface area contributed by atoms with Gasteiger partial charge in [-0.2, -0.15) is 0 Å². The minimum Gasteiger partial charge on any atom is -0.325 e. The summed E-state index contributed by atoms with van der Waals surface area (Å²) in [7, 11) is 0. The minimum absolute atomic E-state index is 0.247. The van der Waals surface area contributed by atoms with Crippen LogP contribution in [0.2, 0.25) is 0 Å². The topological polar surface area (TPSA) is 88.5 Å². The van der Waals surface area contributed by atoms with Crippen LogP contribution in [-0.4, -0.2) is 27.5 Å². The molecular formula is C30H24FN3O4S2. The number of carbonyl (C=O) groups is 3. The number of rotatable bonds is 5. The van der Waals surface area contributed by atoms with E-state index in [0.29, 0.717) is 26.8 Å². The Balaban J connectivity index is 1.41. The van der Waals surface area contributed by atoms with E-state index in [2.05, 4.69) is 5.32 Å².